The number of benzene rings is 1. The second-order valence-electron chi connectivity index (χ2n) is 7.22. The summed E-state index contributed by atoms with van der Waals surface area (Å²) in [4.78, 5) is 10.9. The molecule has 3 N–H and O–H groups in total. The highest BCUT2D eigenvalue weighted by atomic mass is 19.1. The summed E-state index contributed by atoms with van der Waals surface area (Å²) >= 11 is 0. The van der Waals surface area contributed by atoms with Crippen LogP contribution < -0.4 is 15.8 Å². The summed E-state index contributed by atoms with van der Waals surface area (Å²) < 4.78 is 18.8. The average molecular weight is 308 g/mol. The number of hydrogen-bond acceptors (Lipinski definition) is 4. The number of ether oxygens (including phenoxy) is 1. The first kappa shape index (κ1) is 16.6. The number of nitrogens with two attached hydrogens (primary N) is 1. The summed E-state index contributed by atoms with van der Waals surface area (Å²) in [5.41, 5.74) is 7.17. The first-order valence-electron chi connectivity index (χ1n) is 7.70. The molecule has 0 amide bonds. The van der Waals surface area contributed by atoms with Gasteiger partial charge < -0.3 is 15.8 Å². The molecule has 0 radical (unpaired) electrons. The summed E-state index contributed by atoms with van der Waals surface area (Å²) in [6.07, 6.45) is 3.25. The number of nitrogens with one attached hydrogen (secondary N) is 1. The molecule has 1 fully saturated rings. The van der Waals surface area contributed by atoms with E-state index in [1.807, 2.05) is 0 Å². The number of carbonyl (C=O) groups excluding carboxylic acids is 1. The van der Waals surface area contributed by atoms with Gasteiger partial charge in [0.25, 0.3) is 0 Å². The molecule has 0 saturated heterocycles. The maximum absolute atomic E-state index is 14.0. The van der Waals surface area contributed by atoms with Crippen molar-refractivity contribution in [3.8, 4) is 5.75 Å². The molecule has 1 aliphatic carbocycles. The van der Waals surface area contributed by atoms with Crippen molar-refractivity contribution in [3.63, 3.8) is 0 Å². The van der Waals surface area contributed by atoms with Crippen LogP contribution in [0.5, 0.6) is 5.75 Å². The quantitative estimate of drug-likeness (QED) is 0.504. The first-order valence-corrected chi connectivity index (χ1v) is 7.70. The molecule has 0 bridgehead atoms. The van der Waals surface area contributed by atoms with Crippen molar-refractivity contribution < 1.29 is 13.9 Å². The zero-order valence-electron chi connectivity index (χ0n) is 13.7. The van der Waals surface area contributed by atoms with Gasteiger partial charge in [-0.15, -0.1) is 0 Å². The van der Waals surface area contributed by atoms with Gasteiger partial charge in [-0.1, -0.05) is 20.8 Å². The summed E-state index contributed by atoms with van der Waals surface area (Å²) in [5.74, 6) is -0.669. The molecular formula is C17H25FN2O2. The first-order chi connectivity index (χ1) is 10.2. The fourth-order valence-corrected chi connectivity index (χ4v) is 3.60. The van der Waals surface area contributed by atoms with Crippen LogP contribution in [0.2, 0.25) is 0 Å². The second-order valence-corrected chi connectivity index (χ2v) is 7.22. The predicted molar refractivity (Wildman–Crippen MR) is 86.3 cm³/mol. The van der Waals surface area contributed by atoms with Crippen LogP contribution in [0.3, 0.4) is 0 Å². The Morgan fingerprint density at radius 1 is 1.41 bits per heavy atom. The van der Waals surface area contributed by atoms with Crippen LogP contribution in [0.25, 0.3) is 0 Å². The third-order valence-corrected chi connectivity index (χ3v) is 4.10. The minimum Gasteiger partial charge on any atom is -0.423 e. The molecule has 0 aliphatic heterocycles. The highest BCUT2D eigenvalue weighted by Gasteiger charge is 2.32. The monoisotopic (exact) mass is 308 g/mol. The van der Waals surface area contributed by atoms with E-state index in [4.69, 9.17) is 10.5 Å². The van der Waals surface area contributed by atoms with E-state index >= 15 is 0 Å². The van der Waals surface area contributed by atoms with Crippen LogP contribution in [0.1, 0.15) is 47.0 Å². The Kier molecular flexibility index (Phi) is 4.63. The van der Waals surface area contributed by atoms with Gasteiger partial charge in [0.05, 0.1) is 11.4 Å². The number of carbonyl (C=O) groups is 1. The van der Waals surface area contributed by atoms with E-state index in [2.05, 4.69) is 26.1 Å². The van der Waals surface area contributed by atoms with Gasteiger partial charge in [-0.05, 0) is 30.6 Å². The zero-order chi connectivity index (χ0) is 16.5. The maximum Gasteiger partial charge on any atom is 0.308 e. The minimum atomic E-state index is -0.588. The molecule has 0 unspecified atom stereocenters. The minimum absolute atomic E-state index is 0.132. The van der Waals surface area contributed by atoms with E-state index in [9.17, 15) is 9.18 Å². The lowest BCUT2D eigenvalue weighted by molar-refractivity contribution is -0.132. The zero-order valence-corrected chi connectivity index (χ0v) is 13.7. The van der Waals surface area contributed by atoms with E-state index < -0.39 is 11.8 Å². The van der Waals surface area contributed by atoms with Crippen molar-refractivity contribution in [3.05, 3.63) is 17.9 Å². The van der Waals surface area contributed by atoms with Crippen LogP contribution in [0.15, 0.2) is 12.1 Å². The van der Waals surface area contributed by atoms with E-state index in [0.29, 0.717) is 17.3 Å². The largest absolute Gasteiger partial charge is 0.423 e. The molecule has 4 nitrogen and oxygen atoms in total. The molecule has 2 atom stereocenters. The van der Waals surface area contributed by atoms with Crippen LogP contribution >= 0.6 is 0 Å². The molecule has 122 valence electrons. The lowest BCUT2D eigenvalue weighted by Gasteiger charge is -2.39. The number of anilines is 2. The van der Waals surface area contributed by atoms with Gasteiger partial charge in [0, 0.05) is 25.1 Å². The molecule has 0 heterocycles. The highest BCUT2D eigenvalue weighted by Crippen LogP contribution is 2.40. The topological polar surface area (TPSA) is 64.3 Å². The Morgan fingerprint density at radius 3 is 2.68 bits per heavy atom. The molecule has 5 heteroatoms. The highest BCUT2D eigenvalue weighted by molar-refractivity contribution is 5.73. The predicted octanol–water partition coefficient (Wildman–Crippen LogP) is 3.96. The molecule has 0 aromatic heterocycles. The molecule has 22 heavy (non-hydrogen) atoms. The third-order valence-electron chi connectivity index (χ3n) is 4.10. The number of esters is 1. The van der Waals surface area contributed by atoms with Gasteiger partial charge in [-0.2, -0.15) is 0 Å². The number of nitrogen functional groups attached to an aromatic ring is 1. The third kappa shape index (κ3) is 4.12. The van der Waals surface area contributed by atoms with Gasteiger partial charge in [0.1, 0.15) is 0 Å². The Bertz CT molecular complexity index is 572. The van der Waals surface area contributed by atoms with Crippen LogP contribution in [0.4, 0.5) is 15.8 Å². The van der Waals surface area contributed by atoms with E-state index in [-0.39, 0.29) is 17.2 Å². The Hall–Kier alpha value is -1.78. The summed E-state index contributed by atoms with van der Waals surface area (Å²) in [6, 6.07) is 2.93. The Labute approximate surface area is 131 Å². The summed E-state index contributed by atoms with van der Waals surface area (Å²) in [5, 5.41) is 3.35. The lowest BCUT2D eigenvalue weighted by Crippen LogP contribution is -2.35. The Morgan fingerprint density at radius 2 is 2.09 bits per heavy atom. The van der Waals surface area contributed by atoms with Crippen LogP contribution in [-0.4, -0.2) is 12.0 Å². The fraction of sp³-hybridized carbons (Fsp3) is 0.588. The smallest absolute Gasteiger partial charge is 0.308 e. The lowest BCUT2D eigenvalue weighted by atomic mass is 9.70. The van der Waals surface area contributed by atoms with E-state index in [1.165, 1.54) is 25.5 Å². The van der Waals surface area contributed by atoms with Gasteiger partial charge in [0.15, 0.2) is 11.6 Å². The van der Waals surface area contributed by atoms with Crippen molar-refractivity contribution in [1.82, 2.24) is 0 Å². The Balaban J connectivity index is 2.16. The molecular weight excluding hydrogens is 283 g/mol. The number of hydrogen-bond donors (Lipinski definition) is 2. The summed E-state index contributed by atoms with van der Waals surface area (Å²) in [6.45, 7) is 7.98. The number of halogens is 1. The average Bonchev–Trinajstić information content (AvgIpc) is 2.32. The fourth-order valence-electron chi connectivity index (χ4n) is 3.60. The van der Waals surface area contributed by atoms with Crippen LogP contribution in [-0.2, 0) is 4.79 Å². The maximum atomic E-state index is 14.0. The van der Waals surface area contributed by atoms with Crippen LogP contribution in [0, 0.1) is 17.2 Å². The van der Waals surface area contributed by atoms with Crippen molar-refractivity contribution in [1.29, 1.82) is 0 Å². The van der Waals surface area contributed by atoms with Crippen molar-refractivity contribution in [2.45, 2.75) is 53.0 Å². The van der Waals surface area contributed by atoms with Crippen molar-refractivity contribution >= 4 is 17.3 Å². The van der Waals surface area contributed by atoms with Gasteiger partial charge in [-0.3, -0.25) is 4.79 Å². The van der Waals surface area contributed by atoms with E-state index in [1.54, 1.807) is 0 Å². The summed E-state index contributed by atoms with van der Waals surface area (Å²) in [7, 11) is 0. The van der Waals surface area contributed by atoms with Crippen molar-refractivity contribution in [2.24, 2.45) is 11.3 Å². The number of rotatable bonds is 3. The molecule has 1 aromatic carbocycles. The molecule has 1 aromatic rings. The molecule has 1 saturated carbocycles. The van der Waals surface area contributed by atoms with Gasteiger partial charge in [-0.25, -0.2) is 4.39 Å². The SMILES string of the molecule is CC(=O)Oc1cc(N)c(N[C@H]2C[C@@H](C)CC(C)(C)C2)cc1F. The normalized spacial score (nSPS) is 23.9. The standard InChI is InChI=1S/C17H25FN2O2/c1-10-5-12(9-17(3,4)8-10)20-15-6-13(18)16(7-14(15)19)22-11(2)21/h6-7,10,12,20H,5,8-9,19H2,1-4H3/t10-,12+/m1/s1. The van der Waals surface area contributed by atoms with Crippen molar-refractivity contribution in [2.75, 3.05) is 11.1 Å². The molecule has 2 rings (SSSR count). The van der Waals surface area contributed by atoms with Gasteiger partial charge >= 0.3 is 5.97 Å². The molecule has 0 spiro atoms. The van der Waals surface area contributed by atoms with E-state index in [0.717, 1.165) is 12.8 Å². The molecule has 1 aliphatic rings. The van der Waals surface area contributed by atoms with Gasteiger partial charge in [0.2, 0.25) is 0 Å². The second kappa shape index (κ2) is 6.15.